The SMILES string of the molecule is CCOC1CCCN(S(=O)(=O)c2ccc(Cl)c(N)c2Cl)C1. The van der Waals surface area contributed by atoms with E-state index >= 15 is 0 Å². The lowest BCUT2D eigenvalue weighted by Crippen LogP contribution is -2.43. The molecule has 1 atom stereocenters. The average molecular weight is 353 g/mol. The molecule has 0 amide bonds. The first-order chi connectivity index (χ1) is 9.87. The molecule has 0 aliphatic carbocycles. The van der Waals surface area contributed by atoms with E-state index in [9.17, 15) is 8.42 Å². The molecule has 1 fully saturated rings. The van der Waals surface area contributed by atoms with E-state index in [1.165, 1.54) is 16.4 Å². The van der Waals surface area contributed by atoms with Crippen molar-refractivity contribution in [2.75, 3.05) is 25.4 Å². The van der Waals surface area contributed by atoms with Gasteiger partial charge in [-0.1, -0.05) is 23.2 Å². The van der Waals surface area contributed by atoms with Gasteiger partial charge in [0.05, 0.1) is 21.8 Å². The van der Waals surface area contributed by atoms with Gasteiger partial charge >= 0.3 is 0 Å². The molecule has 8 heteroatoms. The summed E-state index contributed by atoms with van der Waals surface area (Å²) in [5.74, 6) is 0. The molecule has 0 aromatic heterocycles. The summed E-state index contributed by atoms with van der Waals surface area (Å²) >= 11 is 11.9. The van der Waals surface area contributed by atoms with Crippen LogP contribution in [0.3, 0.4) is 0 Å². The molecule has 1 aliphatic heterocycles. The van der Waals surface area contributed by atoms with Gasteiger partial charge in [0.2, 0.25) is 10.0 Å². The summed E-state index contributed by atoms with van der Waals surface area (Å²) < 4.78 is 32.3. The minimum atomic E-state index is -3.70. The van der Waals surface area contributed by atoms with Crippen LogP contribution in [0.25, 0.3) is 0 Å². The molecule has 118 valence electrons. The maximum atomic E-state index is 12.7. The van der Waals surface area contributed by atoms with Crippen LogP contribution in [0.15, 0.2) is 17.0 Å². The molecule has 1 aliphatic rings. The van der Waals surface area contributed by atoms with Crippen LogP contribution in [0, 0.1) is 0 Å². The Labute approximate surface area is 135 Å². The van der Waals surface area contributed by atoms with Crippen LogP contribution in [-0.4, -0.2) is 38.5 Å². The second-order valence-corrected chi connectivity index (χ2v) is 7.55. The molecule has 1 aromatic rings. The Balaban J connectivity index is 2.32. The van der Waals surface area contributed by atoms with Crippen molar-refractivity contribution in [1.82, 2.24) is 4.31 Å². The number of sulfonamides is 1. The molecule has 1 aromatic carbocycles. The van der Waals surface area contributed by atoms with Gasteiger partial charge in [-0.05, 0) is 31.9 Å². The van der Waals surface area contributed by atoms with Gasteiger partial charge in [0, 0.05) is 19.7 Å². The van der Waals surface area contributed by atoms with Crippen molar-refractivity contribution in [3.05, 3.63) is 22.2 Å². The molecule has 1 saturated heterocycles. The number of hydrogen-bond donors (Lipinski definition) is 1. The summed E-state index contributed by atoms with van der Waals surface area (Å²) in [7, 11) is -3.70. The second kappa shape index (κ2) is 6.71. The summed E-state index contributed by atoms with van der Waals surface area (Å²) in [4.78, 5) is -0.0109. The smallest absolute Gasteiger partial charge is 0.244 e. The van der Waals surface area contributed by atoms with Crippen molar-refractivity contribution < 1.29 is 13.2 Å². The molecule has 0 spiro atoms. The highest BCUT2D eigenvalue weighted by atomic mass is 35.5. The van der Waals surface area contributed by atoms with Gasteiger partial charge in [-0.3, -0.25) is 0 Å². The summed E-state index contributed by atoms with van der Waals surface area (Å²) in [6.45, 7) is 3.23. The molecule has 0 radical (unpaired) electrons. The fourth-order valence-electron chi connectivity index (χ4n) is 2.38. The number of ether oxygens (including phenoxy) is 1. The number of nitrogens with zero attached hydrogens (tertiary/aromatic N) is 1. The van der Waals surface area contributed by atoms with E-state index in [2.05, 4.69) is 0 Å². The molecule has 0 bridgehead atoms. The highest BCUT2D eigenvalue weighted by molar-refractivity contribution is 7.89. The maximum absolute atomic E-state index is 12.7. The predicted molar refractivity (Wildman–Crippen MR) is 84.3 cm³/mol. The first kappa shape index (κ1) is 16.8. The van der Waals surface area contributed by atoms with E-state index in [-0.39, 0.29) is 26.7 Å². The molecule has 2 N–H and O–H groups in total. The summed E-state index contributed by atoms with van der Waals surface area (Å²) in [5, 5.41) is 0.214. The number of piperidine rings is 1. The molecule has 0 saturated carbocycles. The largest absolute Gasteiger partial charge is 0.396 e. The van der Waals surface area contributed by atoms with Crippen molar-refractivity contribution in [2.24, 2.45) is 0 Å². The maximum Gasteiger partial charge on any atom is 0.244 e. The van der Waals surface area contributed by atoms with Crippen LogP contribution < -0.4 is 5.73 Å². The third-order valence-electron chi connectivity index (χ3n) is 3.45. The Bertz CT molecular complexity index is 620. The molecule has 2 rings (SSSR count). The Morgan fingerprint density at radius 1 is 1.43 bits per heavy atom. The van der Waals surface area contributed by atoms with Gasteiger partial charge in [-0.25, -0.2) is 8.42 Å². The Kier molecular flexibility index (Phi) is 5.38. The third kappa shape index (κ3) is 3.46. The molecule has 1 unspecified atom stereocenters. The van der Waals surface area contributed by atoms with Crippen LogP contribution in [-0.2, 0) is 14.8 Å². The van der Waals surface area contributed by atoms with Gasteiger partial charge in [0.1, 0.15) is 4.90 Å². The monoisotopic (exact) mass is 352 g/mol. The predicted octanol–water partition coefficient (Wildman–Crippen LogP) is 2.77. The minimum absolute atomic E-state index is 0.0109. The number of nitrogens with two attached hydrogens (primary N) is 1. The number of rotatable bonds is 4. The standard InChI is InChI=1S/C13H18Cl2N2O3S/c1-2-20-9-4-3-7-17(8-9)21(18,19)11-6-5-10(14)13(16)12(11)15/h5-6,9H,2-4,7-8,16H2,1H3. The number of hydrogen-bond acceptors (Lipinski definition) is 4. The molecule has 21 heavy (non-hydrogen) atoms. The number of nitrogen functional groups attached to an aromatic ring is 1. The van der Waals surface area contributed by atoms with E-state index in [0.29, 0.717) is 19.7 Å². The van der Waals surface area contributed by atoms with E-state index < -0.39 is 10.0 Å². The van der Waals surface area contributed by atoms with Crippen molar-refractivity contribution in [2.45, 2.75) is 30.8 Å². The first-order valence-corrected chi connectivity index (χ1v) is 8.92. The summed E-state index contributed by atoms with van der Waals surface area (Å²) in [6.07, 6.45) is 1.53. The highest BCUT2D eigenvalue weighted by Gasteiger charge is 2.32. The van der Waals surface area contributed by atoms with Crippen LogP contribution >= 0.6 is 23.2 Å². The van der Waals surface area contributed by atoms with Crippen molar-refractivity contribution in [1.29, 1.82) is 0 Å². The van der Waals surface area contributed by atoms with Gasteiger partial charge in [0.25, 0.3) is 0 Å². The molecule has 1 heterocycles. The summed E-state index contributed by atoms with van der Waals surface area (Å²) in [5.41, 5.74) is 5.79. The van der Waals surface area contributed by atoms with Crippen molar-refractivity contribution in [3.8, 4) is 0 Å². The number of anilines is 1. The van der Waals surface area contributed by atoms with Crippen LogP contribution in [0.5, 0.6) is 0 Å². The van der Waals surface area contributed by atoms with E-state index in [4.69, 9.17) is 33.7 Å². The van der Waals surface area contributed by atoms with Crippen molar-refractivity contribution >= 4 is 38.9 Å². The highest BCUT2D eigenvalue weighted by Crippen LogP contribution is 2.35. The average Bonchev–Trinajstić information content (AvgIpc) is 2.45. The Hall–Kier alpha value is -0.530. The molecular formula is C13H18Cl2N2O3S. The number of benzene rings is 1. The van der Waals surface area contributed by atoms with Crippen LogP contribution in [0.1, 0.15) is 19.8 Å². The first-order valence-electron chi connectivity index (χ1n) is 6.73. The summed E-state index contributed by atoms with van der Waals surface area (Å²) in [6, 6.07) is 2.83. The van der Waals surface area contributed by atoms with Gasteiger partial charge < -0.3 is 10.5 Å². The van der Waals surface area contributed by atoms with Gasteiger partial charge in [0.15, 0.2) is 0 Å². The minimum Gasteiger partial charge on any atom is -0.396 e. The lowest BCUT2D eigenvalue weighted by atomic mass is 10.1. The zero-order valence-corrected chi connectivity index (χ0v) is 14.0. The number of halogens is 2. The zero-order chi connectivity index (χ0) is 15.6. The van der Waals surface area contributed by atoms with Gasteiger partial charge in [-0.2, -0.15) is 4.31 Å². The van der Waals surface area contributed by atoms with E-state index in [1.807, 2.05) is 6.92 Å². The fourth-order valence-corrected chi connectivity index (χ4v) is 4.63. The van der Waals surface area contributed by atoms with Gasteiger partial charge in [-0.15, -0.1) is 0 Å². The van der Waals surface area contributed by atoms with Crippen LogP contribution in [0.2, 0.25) is 10.0 Å². The zero-order valence-electron chi connectivity index (χ0n) is 11.7. The van der Waals surface area contributed by atoms with Crippen LogP contribution in [0.4, 0.5) is 5.69 Å². The van der Waals surface area contributed by atoms with E-state index in [1.54, 1.807) is 0 Å². The Morgan fingerprint density at radius 3 is 2.81 bits per heavy atom. The topological polar surface area (TPSA) is 72.6 Å². The normalized spacial score (nSPS) is 20.6. The quantitative estimate of drug-likeness (QED) is 0.845. The lowest BCUT2D eigenvalue weighted by molar-refractivity contribution is 0.0265. The fraction of sp³-hybridized carbons (Fsp3) is 0.538. The lowest BCUT2D eigenvalue weighted by Gasteiger charge is -2.32. The second-order valence-electron chi connectivity index (χ2n) is 4.86. The van der Waals surface area contributed by atoms with E-state index in [0.717, 1.165) is 12.8 Å². The van der Waals surface area contributed by atoms with Crippen molar-refractivity contribution in [3.63, 3.8) is 0 Å². The Morgan fingerprint density at radius 2 is 2.14 bits per heavy atom. The molecule has 5 nitrogen and oxygen atoms in total. The third-order valence-corrected chi connectivity index (χ3v) is 6.21. The molecular weight excluding hydrogens is 335 g/mol.